The van der Waals surface area contributed by atoms with Crippen LogP contribution in [0.2, 0.25) is 0 Å². The van der Waals surface area contributed by atoms with E-state index in [0.29, 0.717) is 5.56 Å². The second-order valence-corrected chi connectivity index (χ2v) is 4.80. The van der Waals surface area contributed by atoms with Gasteiger partial charge in [0.15, 0.2) is 0 Å². The first-order valence-corrected chi connectivity index (χ1v) is 6.13. The number of hydrogen-bond acceptors (Lipinski definition) is 2. The molecule has 3 nitrogen and oxygen atoms in total. The maximum Gasteiger partial charge on any atom is 0.126 e. The SMILES string of the molecule is CC(C)n1cc(C(O)Cc2cc(F)ccc2F)cn1. The van der Waals surface area contributed by atoms with Crippen molar-refractivity contribution < 1.29 is 13.9 Å². The zero-order valence-electron chi connectivity index (χ0n) is 10.8. The Kier molecular flexibility index (Phi) is 3.95. The summed E-state index contributed by atoms with van der Waals surface area (Å²) in [5.74, 6) is -1.03. The maximum atomic E-state index is 13.5. The molecule has 0 saturated heterocycles. The van der Waals surface area contributed by atoms with E-state index in [0.717, 1.165) is 18.2 Å². The van der Waals surface area contributed by atoms with Crippen molar-refractivity contribution in [2.75, 3.05) is 0 Å². The summed E-state index contributed by atoms with van der Waals surface area (Å²) in [6.45, 7) is 3.94. The van der Waals surface area contributed by atoms with E-state index in [4.69, 9.17) is 0 Å². The number of benzene rings is 1. The summed E-state index contributed by atoms with van der Waals surface area (Å²) < 4.78 is 28.2. The molecular weight excluding hydrogens is 250 g/mol. The molecule has 1 aromatic carbocycles. The van der Waals surface area contributed by atoms with Crippen LogP contribution in [0.1, 0.15) is 37.1 Å². The van der Waals surface area contributed by atoms with Crippen molar-refractivity contribution in [2.24, 2.45) is 0 Å². The van der Waals surface area contributed by atoms with E-state index in [2.05, 4.69) is 5.10 Å². The second kappa shape index (κ2) is 5.48. The summed E-state index contributed by atoms with van der Waals surface area (Å²) in [6.07, 6.45) is 2.38. The number of rotatable bonds is 4. The highest BCUT2D eigenvalue weighted by molar-refractivity contribution is 5.22. The van der Waals surface area contributed by atoms with E-state index < -0.39 is 17.7 Å². The Hall–Kier alpha value is -1.75. The molecule has 0 aliphatic heterocycles. The van der Waals surface area contributed by atoms with Gasteiger partial charge in [0.05, 0.1) is 12.3 Å². The lowest BCUT2D eigenvalue weighted by molar-refractivity contribution is 0.177. The lowest BCUT2D eigenvalue weighted by atomic mass is 10.0. The molecule has 102 valence electrons. The van der Waals surface area contributed by atoms with Gasteiger partial charge in [-0.3, -0.25) is 4.68 Å². The highest BCUT2D eigenvalue weighted by Crippen LogP contribution is 2.21. The number of aromatic nitrogens is 2. The van der Waals surface area contributed by atoms with Crippen LogP contribution >= 0.6 is 0 Å². The lowest BCUT2D eigenvalue weighted by Crippen LogP contribution is -2.04. The fourth-order valence-electron chi connectivity index (χ4n) is 1.83. The van der Waals surface area contributed by atoms with Crippen molar-refractivity contribution in [3.63, 3.8) is 0 Å². The first-order chi connectivity index (χ1) is 8.97. The summed E-state index contributed by atoms with van der Waals surface area (Å²) in [6, 6.07) is 3.41. The molecule has 0 aliphatic rings. The van der Waals surface area contributed by atoms with Gasteiger partial charge in [-0.05, 0) is 37.6 Å². The number of nitrogens with zero attached hydrogens (tertiary/aromatic N) is 2. The Morgan fingerprint density at radius 1 is 1.32 bits per heavy atom. The van der Waals surface area contributed by atoms with Gasteiger partial charge >= 0.3 is 0 Å². The number of halogens is 2. The minimum Gasteiger partial charge on any atom is -0.388 e. The Bertz CT molecular complexity index is 566. The molecule has 1 atom stereocenters. The van der Waals surface area contributed by atoms with Crippen LogP contribution in [0.4, 0.5) is 8.78 Å². The fourth-order valence-corrected chi connectivity index (χ4v) is 1.83. The quantitative estimate of drug-likeness (QED) is 0.923. The summed E-state index contributed by atoms with van der Waals surface area (Å²) in [5, 5.41) is 14.1. The van der Waals surface area contributed by atoms with E-state index in [1.807, 2.05) is 13.8 Å². The Labute approximate surface area is 110 Å². The van der Waals surface area contributed by atoms with Crippen LogP contribution in [-0.2, 0) is 6.42 Å². The minimum atomic E-state index is -0.899. The second-order valence-electron chi connectivity index (χ2n) is 4.80. The molecule has 2 aromatic rings. The van der Waals surface area contributed by atoms with Gasteiger partial charge in [0.2, 0.25) is 0 Å². The Balaban J connectivity index is 2.15. The fraction of sp³-hybridized carbons (Fsp3) is 0.357. The third-order valence-corrected chi connectivity index (χ3v) is 2.96. The molecule has 5 heteroatoms. The van der Waals surface area contributed by atoms with Gasteiger partial charge in [0, 0.05) is 24.2 Å². The largest absolute Gasteiger partial charge is 0.388 e. The predicted octanol–water partition coefficient (Wildman–Crippen LogP) is 3.02. The van der Waals surface area contributed by atoms with Crippen molar-refractivity contribution in [1.82, 2.24) is 9.78 Å². The normalized spacial score (nSPS) is 12.9. The van der Waals surface area contributed by atoms with Crippen molar-refractivity contribution in [1.29, 1.82) is 0 Å². The summed E-state index contributed by atoms with van der Waals surface area (Å²) >= 11 is 0. The topological polar surface area (TPSA) is 38.0 Å². The summed E-state index contributed by atoms with van der Waals surface area (Å²) in [5.41, 5.74) is 0.752. The lowest BCUT2D eigenvalue weighted by Gasteiger charge is -2.10. The first-order valence-electron chi connectivity index (χ1n) is 6.13. The van der Waals surface area contributed by atoms with E-state index in [1.165, 1.54) is 0 Å². The molecule has 1 N–H and O–H groups in total. The average Bonchev–Trinajstić information content (AvgIpc) is 2.83. The van der Waals surface area contributed by atoms with Gasteiger partial charge in [-0.2, -0.15) is 5.10 Å². The minimum absolute atomic E-state index is 0.0212. The van der Waals surface area contributed by atoms with Crippen molar-refractivity contribution in [3.8, 4) is 0 Å². The molecule has 0 bridgehead atoms. The van der Waals surface area contributed by atoms with E-state index in [9.17, 15) is 13.9 Å². The molecule has 0 spiro atoms. The van der Waals surface area contributed by atoms with Crippen LogP contribution in [0.15, 0.2) is 30.6 Å². The number of aliphatic hydroxyl groups is 1. The summed E-state index contributed by atoms with van der Waals surface area (Å²) in [4.78, 5) is 0. The molecule has 1 aromatic heterocycles. The van der Waals surface area contributed by atoms with Gasteiger partial charge < -0.3 is 5.11 Å². The third kappa shape index (κ3) is 3.17. The van der Waals surface area contributed by atoms with Gasteiger partial charge in [-0.1, -0.05) is 0 Å². The number of aliphatic hydroxyl groups excluding tert-OH is 1. The average molecular weight is 266 g/mol. The van der Waals surface area contributed by atoms with Crippen LogP contribution < -0.4 is 0 Å². The number of hydrogen-bond donors (Lipinski definition) is 1. The molecule has 0 aliphatic carbocycles. The van der Waals surface area contributed by atoms with Crippen LogP contribution in [0, 0.1) is 11.6 Å². The molecule has 1 heterocycles. The monoisotopic (exact) mass is 266 g/mol. The predicted molar refractivity (Wildman–Crippen MR) is 67.6 cm³/mol. The maximum absolute atomic E-state index is 13.5. The van der Waals surface area contributed by atoms with E-state index in [1.54, 1.807) is 17.1 Å². The molecule has 0 radical (unpaired) electrons. The summed E-state index contributed by atoms with van der Waals surface area (Å²) in [7, 11) is 0. The van der Waals surface area contributed by atoms with Crippen LogP contribution in [0.3, 0.4) is 0 Å². The molecular formula is C14H16F2N2O. The molecule has 0 saturated carbocycles. The molecule has 2 rings (SSSR count). The van der Waals surface area contributed by atoms with Gasteiger partial charge in [-0.15, -0.1) is 0 Å². The zero-order valence-corrected chi connectivity index (χ0v) is 10.8. The van der Waals surface area contributed by atoms with Crippen molar-refractivity contribution >= 4 is 0 Å². The standard InChI is InChI=1S/C14H16F2N2O/c1-9(2)18-8-11(7-17-18)14(19)6-10-5-12(15)3-4-13(10)16/h3-5,7-9,14,19H,6H2,1-2H3. The molecule has 0 amide bonds. The van der Waals surface area contributed by atoms with Crippen molar-refractivity contribution in [3.05, 3.63) is 53.4 Å². The van der Waals surface area contributed by atoms with E-state index >= 15 is 0 Å². The van der Waals surface area contributed by atoms with Crippen LogP contribution in [0.25, 0.3) is 0 Å². The molecule has 1 unspecified atom stereocenters. The zero-order chi connectivity index (χ0) is 14.0. The highest BCUT2D eigenvalue weighted by Gasteiger charge is 2.14. The van der Waals surface area contributed by atoms with Crippen LogP contribution in [0.5, 0.6) is 0 Å². The van der Waals surface area contributed by atoms with Gasteiger partial charge in [0.25, 0.3) is 0 Å². The smallest absolute Gasteiger partial charge is 0.126 e. The third-order valence-electron chi connectivity index (χ3n) is 2.96. The molecule has 19 heavy (non-hydrogen) atoms. The molecule has 0 fully saturated rings. The Morgan fingerprint density at radius 2 is 2.05 bits per heavy atom. The van der Waals surface area contributed by atoms with Gasteiger partial charge in [0.1, 0.15) is 11.6 Å². The van der Waals surface area contributed by atoms with Crippen molar-refractivity contribution in [2.45, 2.75) is 32.4 Å². The Morgan fingerprint density at radius 3 is 2.68 bits per heavy atom. The first kappa shape index (κ1) is 13.7. The highest BCUT2D eigenvalue weighted by atomic mass is 19.1. The van der Waals surface area contributed by atoms with Crippen LogP contribution in [-0.4, -0.2) is 14.9 Å². The van der Waals surface area contributed by atoms with Gasteiger partial charge in [-0.25, -0.2) is 8.78 Å². The van der Waals surface area contributed by atoms with E-state index in [-0.39, 0.29) is 18.0 Å².